The normalized spacial score (nSPS) is 14.5. The zero-order valence-electron chi connectivity index (χ0n) is 13.2. The standard InChI is InChI=1S/C14H28N2O3S/c1-10(11(9-17)20-5)16-12(18)7-6-8-15-13(19)14(2,3)4/h10-11,17H,6-9H2,1-5H3,(H,15,19)(H,16,18). The van der Waals surface area contributed by atoms with Gasteiger partial charge in [-0.25, -0.2) is 0 Å². The SMILES string of the molecule is CSC(CO)C(C)NC(=O)CCCNC(=O)C(C)(C)C. The molecule has 118 valence electrons. The number of rotatable bonds is 8. The van der Waals surface area contributed by atoms with Gasteiger partial charge in [0.25, 0.3) is 0 Å². The maximum Gasteiger partial charge on any atom is 0.225 e. The summed E-state index contributed by atoms with van der Waals surface area (Å²) in [6, 6.07) is -0.0633. The Morgan fingerprint density at radius 2 is 1.90 bits per heavy atom. The molecule has 2 amide bonds. The van der Waals surface area contributed by atoms with Gasteiger partial charge in [-0.3, -0.25) is 9.59 Å². The van der Waals surface area contributed by atoms with Crippen LogP contribution < -0.4 is 10.6 Å². The maximum absolute atomic E-state index is 11.7. The van der Waals surface area contributed by atoms with Gasteiger partial charge in [-0.15, -0.1) is 0 Å². The van der Waals surface area contributed by atoms with Gasteiger partial charge in [-0.2, -0.15) is 11.8 Å². The van der Waals surface area contributed by atoms with E-state index in [-0.39, 0.29) is 29.7 Å². The lowest BCUT2D eigenvalue weighted by atomic mass is 9.96. The minimum absolute atomic E-state index is 0.00555. The van der Waals surface area contributed by atoms with Crippen LogP contribution in [0.5, 0.6) is 0 Å². The number of amides is 2. The highest BCUT2D eigenvalue weighted by atomic mass is 32.2. The third kappa shape index (κ3) is 7.75. The van der Waals surface area contributed by atoms with Gasteiger partial charge in [0.1, 0.15) is 0 Å². The molecule has 0 aromatic carbocycles. The van der Waals surface area contributed by atoms with Crippen molar-refractivity contribution in [3.8, 4) is 0 Å². The molecule has 0 spiro atoms. The van der Waals surface area contributed by atoms with Crippen LogP contribution >= 0.6 is 11.8 Å². The fraction of sp³-hybridized carbons (Fsp3) is 0.857. The molecule has 0 radical (unpaired) electrons. The van der Waals surface area contributed by atoms with Crippen LogP contribution in [-0.4, -0.2) is 47.6 Å². The van der Waals surface area contributed by atoms with E-state index in [1.54, 1.807) is 0 Å². The minimum atomic E-state index is -0.399. The average Bonchev–Trinajstić information content (AvgIpc) is 2.34. The van der Waals surface area contributed by atoms with E-state index in [9.17, 15) is 9.59 Å². The van der Waals surface area contributed by atoms with E-state index in [0.29, 0.717) is 19.4 Å². The number of thioether (sulfide) groups is 1. The van der Waals surface area contributed by atoms with E-state index in [4.69, 9.17) is 5.11 Å². The quantitative estimate of drug-likeness (QED) is 0.588. The second-order valence-corrected chi connectivity index (χ2v) is 7.00. The molecule has 0 fully saturated rings. The predicted octanol–water partition coefficient (Wildman–Crippen LogP) is 1.16. The Morgan fingerprint density at radius 3 is 2.35 bits per heavy atom. The number of carbonyl (C=O) groups excluding carboxylic acids is 2. The van der Waals surface area contributed by atoms with Crippen LogP contribution in [0, 0.1) is 5.41 Å². The molecule has 2 atom stereocenters. The molecule has 6 heteroatoms. The van der Waals surface area contributed by atoms with E-state index < -0.39 is 5.41 Å². The second-order valence-electron chi connectivity index (χ2n) is 5.92. The highest BCUT2D eigenvalue weighted by Gasteiger charge is 2.20. The Balaban J connectivity index is 3.87. The summed E-state index contributed by atoms with van der Waals surface area (Å²) in [6.45, 7) is 8.00. The molecular weight excluding hydrogens is 276 g/mol. The third-order valence-corrected chi connectivity index (χ3v) is 4.14. The Morgan fingerprint density at radius 1 is 1.30 bits per heavy atom. The van der Waals surface area contributed by atoms with Gasteiger partial charge < -0.3 is 15.7 Å². The first-order chi connectivity index (χ1) is 9.22. The second kappa shape index (κ2) is 9.23. The molecule has 0 aromatic rings. The third-order valence-electron chi connectivity index (χ3n) is 2.98. The molecule has 0 aliphatic heterocycles. The smallest absolute Gasteiger partial charge is 0.225 e. The summed E-state index contributed by atoms with van der Waals surface area (Å²) in [6.07, 6.45) is 2.90. The van der Waals surface area contributed by atoms with Crippen molar-refractivity contribution in [1.29, 1.82) is 0 Å². The summed E-state index contributed by atoms with van der Waals surface area (Å²) in [4.78, 5) is 23.3. The van der Waals surface area contributed by atoms with Crippen molar-refractivity contribution in [2.24, 2.45) is 5.41 Å². The molecule has 0 saturated carbocycles. The van der Waals surface area contributed by atoms with E-state index in [1.165, 1.54) is 11.8 Å². The van der Waals surface area contributed by atoms with Crippen LogP contribution in [0.4, 0.5) is 0 Å². The number of hydrogen-bond acceptors (Lipinski definition) is 4. The molecule has 20 heavy (non-hydrogen) atoms. The van der Waals surface area contributed by atoms with Crippen LogP contribution in [0.1, 0.15) is 40.5 Å². The fourth-order valence-electron chi connectivity index (χ4n) is 1.57. The van der Waals surface area contributed by atoms with Crippen molar-refractivity contribution in [3.63, 3.8) is 0 Å². The number of carbonyl (C=O) groups is 2. The Labute approximate surface area is 126 Å². The van der Waals surface area contributed by atoms with Crippen molar-refractivity contribution in [1.82, 2.24) is 10.6 Å². The van der Waals surface area contributed by atoms with Gasteiger partial charge in [0.05, 0.1) is 6.61 Å². The number of aliphatic hydroxyl groups is 1. The number of nitrogens with one attached hydrogen (secondary N) is 2. The van der Waals surface area contributed by atoms with E-state index in [1.807, 2.05) is 34.0 Å². The predicted molar refractivity (Wildman–Crippen MR) is 83.7 cm³/mol. The van der Waals surface area contributed by atoms with Crippen LogP contribution in [0.15, 0.2) is 0 Å². The fourth-order valence-corrected chi connectivity index (χ4v) is 2.20. The Bertz CT molecular complexity index is 312. The van der Waals surface area contributed by atoms with Crippen molar-refractivity contribution >= 4 is 23.6 Å². The van der Waals surface area contributed by atoms with E-state index >= 15 is 0 Å². The Kier molecular flexibility index (Phi) is 8.89. The highest BCUT2D eigenvalue weighted by molar-refractivity contribution is 7.99. The maximum atomic E-state index is 11.7. The van der Waals surface area contributed by atoms with Gasteiger partial charge in [-0.05, 0) is 19.6 Å². The molecule has 0 heterocycles. The molecular formula is C14H28N2O3S. The van der Waals surface area contributed by atoms with Crippen molar-refractivity contribution in [3.05, 3.63) is 0 Å². The first-order valence-corrected chi connectivity index (χ1v) is 8.22. The van der Waals surface area contributed by atoms with Crippen LogP contribution in [0.2, 0.25) is 0 Å². The zero-order chi connectivity index (χ0) is 15.8. The first-order valence-electron chi connectivity index (χ1n) is 6.93. The molecule has 0 aromatic heterocycles. The molecule has 5 nitrogen and oxygen atoms in total. The van der Waals surface area contributed by atoms with Gasteiger partial charge in [0.2, 0.25) is 11.8 Å². The van der Waals surface area contributed by atoms with E-state index in [0.717, 1.165) is 0 Å². The molecule has 0 rings (SSSR count). The molecule has 0 saturated heterocycles. The Hall–Kier alpha value is -0.750. The highest BCUT2D eigenvalue weighted by Crippen LogP contribution is 2.12. The summed E-state index contributed by atoms with van der Waals surface area (Å²) in [5.41, 5.74) is -0.399. The van der Waals surface area contributed by atoms with Crippen molar-refractivity contribution in [2.45, 2.75) is 51.8 Å². The van der Waals surface area contributed by atoms with E-state index in [2.05, 4.69) is 10.6 Å². The summed E-state index contributed by atoms with van der Waals surface area (Å²) in [5, 5.41) is 14.8. The molecule has 3 N–H and O–H groups in total. The lowest BCUT2D eigenvalue weighted by molar-refractivity contribution is -0.128. The number of hydrogen-bond donors (Lipinski definition) is 3. The minimum Gasteiger partial charge on any atom is -0.395 e. The van der Waals surface area contributed by atoms with Gasteiger partial charge in [0, 0.05) is 29.7 Å². The van der Waals surface area contributed by atoms with Gasteiger partial charge in [0.15, 0.2) is 0 Å². The van der Waals surface area contributed by atoms with Crippen molar-refractivity contribution in [2.75, 3.05) is 19.4 Å². The topological polar surface area (TPSA) is 78.4 Å². The monoisotopic (exact) mass is 304 g/mol. The first kappa shape index (κ1) is 19.2. The molecule has 0 bridgehead atoms. The summed E-state index contributed by atoms with van der Waals surface area (Å²) in [7, 11) is 0. The largest absolute Gasteiger partial charge is 0.395 e. The van der Waals surface area contributed by atoms with Crippen molar-refractivity contribution < 1.29 is 14.7 Å². The van der Waals surface area contributed by atoms with Crippen LogP contribution in [0.3, 0.4) is 0 Å². The van der Waals surface area contributed by atoms with Gasteiger partial charge in [-0.1, -0.05) is 20.8 Å². The van der Waals surface area contributed by atoms with Crippen LogP contribution in [0.25, 0.3) is 0 Å². The summed E-state index contributed by atoms with van der Waals surface area (Å²) < 4.78 is 0. The average molecular weight is 304 g/mol. The van der Waals surface area contributed by atoms with Crippen LogP contribution in [-0.2, 0) is 9.59 Å². The summed E-state index contributed by atoms with van der Waals surface area (Å²) in [5.74, 6) is -0.0518. The number of aliphatic hydroxyl groups excluding tert-OH is 1. The molecule has 0 aliphatic carbocycles. The lowest BCUT2D eigenvalue weighted by Gasteiger charge is -2.21. The molecule has 2 unspecified atom stereocenters. The van der Waals surface area contributed by atoms with Gasteiger partial charge >= 0.3 is 0 Å². The summed E-state index contributed by atoms with van der Waals surface area (Å²) >= 11 is 1.53. The lowest BCUT2D eigenvalue weighted by Crippen LogP contribution is -2.41. The zero-order valence-corrected chi connectivity index (χ0v) is 14.0. The molecule has 0 aliphatic rings.